The van der Waals surface area contributed by atoms with Crippen molar-refractivity contribution in [3.05, 3.63) is 78.5 Å². The van der Waals surface area contributed by atoms with Crippen molar-refractivity contribution in [2.75, 3.05) is 23.3 Å². The average molecular weight is 680 g/mol. The lowest BCUT2D eigenvalue weighted by Gasteiger charge is -2.40. The maximum Gasteiger partial charge on any atom is 0.490 e. The number of nitrogens with one attached hydrogen (secondary N) is 2. The largest absolute Gasteiger partial charge is 0.490 e. The minimum atomic E-state index is -5.08. The van der Waals surface area contributed by atoms with Crippen LogP contribution in [0.15, 0.2) is 72.9 Å². The van der Waals surface area contributed by atoms with E-state index in [2.05, 4.69) is 81.2 Å². The number of anilines is 2. The standard InChI is InChI=1S/C29H33N5.2C2HF3O2/c30-20-22-12-14-26(15-13-22)34-18-6-9-25(21-34)32-27-10-4-5-11-28(27)33-29-19-24(16-17-31-29)23-7-2-1-3-8-23;2*3-2(4,5)1(6)7/h1-3,7-8,12-17,19,25,27-28,32H,4-6,9-11,18,21H2,(H,31,33);2*(H,6,7)/t25-,27+,28+;;/m0../s1. The van der Waals surface area contributed by atoms with Crippen molar-refractivity contribution in [1.29, 1.82) is 5.26 Å². The topological polar surface area (TPSA) is 139 Å². The van der Waals surface area contributed by atoms with Gasteiger partial charge >= 0.3 is 24.3 Å². The van der Waals surface area contributed by atoms with E-state index in [0.29, 0.717) is 18.1 Å². The molecule has 3 atom stereocenters. The molecule has 0 spiro atoms. The number of aliphatic carboxylic acids is 2. The van der Waals surface area contributed by atoms with E-state index in [9.17, 15) is 26.3 Å². The van der Waals surface area contributed by atoms with Crippen molar-refractivity contribution < 1.29 is 46.1 Å². The lowest BCUT2D eigenvalue weighted by atomic mass is 9.89. The second-order valence-electron chi connectivity index (χ2n) is 11.2. The Balaban J connectivity index is 0.000000376. The summed E-state index contributed by atoms with van der Waals surface area (Å²) in [6.45, 7) is 2.09. The van der Waals surface area contributed by atoms with E-state index in [1.54, 1.807) is 0 Å². The Morgan fingerprint density at radius 3 is 1.96 bits per heavy atom. The summed E-state index contributed by atoms with van der Waals surface area (Å²) in [5.41, 5.74) is 4.35. The Labute approximate surface area is 273 Å². The second kappa shape index (κ2) is 17.4. The molecule has 258 valence electrons. The summed E-state index contributed by atoms with van der Waals surface area (Å²) < 4.78 is 63.5. The monoisotopic (exact) mass is 679 g/mol. The van der Waals surface area contributed by atoms with Crippen LogP contribution in [0.4, 0.5) is 37.8 Å². The SMILES string of the molecule is N#Cc1ccc(N2CCC[C@H](N[C@@H]3CCCC[C@H]3Nc3cc(-c4ccccc4)ccn3)C2)cc1.O=C(O)C(F)(F)F.O=C(O)C(F)(F)F. The first-order valence-corrected chi connectivity index (χ1v) is 15.1. The first kappa shape index (κ1) is 37.6. The Bertz CT molecular complexity index is 1490. The molecular formula is C33H35F6N5O4. The van der Waals surface area contributed by atoms with Gasteiger partial charge in [-0.05, 0) is 73.2 Å². The fourth-order valence-electron chi connectivity index (χ4n) is 5.41. The molecular weight excluding hydrogens is 644 g/mol. The molecule has 0 bridgehead atoms. The summed E-state index contributed by atoms with van der Waals surface area (Å²) in [5.74, 6) is -4.55. The van der Waals surface area contributed by atoms with Gasteiger partial charge in [0, 0.05) is 43.1 Å². The molecule has 2 aliphatic rings. The van der Waals surface area contributed by atoms with E-state index in [4.69, 9.17) is 25.1 Å². The number of hydrogen-bond acceptors (Lipinski definition) is 7. The van der Waals surface area contributed by atoms with Gasteiger partial charge in [0.2, 0.25) is 0 Å². The number of nitriles is 1. The molecule has 1 saturated heterocycles. The molecule has 1 aliphatic carbocycles. The summed E-state index contributed by atoms with van der Waals surface area (Å²) in [6.07, 6.45) is -0.965. The van der Waals surface area contributed by atoms with E-state index < -0.39 is 24.3 Å². The van der Waals surface area contributed by atoms with Gasteiger partial charge < -0.3 is 25.7 Å². The van der Waals surface area contributed by atoms with Gasteiger partial charge in [-0.2, -0.15) is 31.6 Å². The van der Waals surface area contributed by atoms with Crippen LogP contribution in [0.2, 0.25) is 0 Å². The number of piperidine rings is 1. The molecule has 9 nitrogen and oxygen atoms in total. The molecule has 1 aliphatic heterocycles. The van der Waals surface area contributed by atoms with Gasteiger partial charge in [-0.3, -0.25) is 0 Å². The number of aromatic nitrogens is 1. The van der Waals surface area contributed by atoms with Crippen molar-refractivity contribution in [2.45, 2.75) is 69.0 Å². The molecule has 0 radical (unpaired) electrons. The number of hydrogen-bond donors (Lipinski definition) is 4. The van der Waals surface area contributed by atoms with Gasteiger partial charge in [0.05, 0.1) is 11.6 Å². The maximum absolute atomic E-state index is 10.6. The van der Waals surface area contributed by atoms with Crippen LogP contribution in [0.3, 0.4) is 0 Å². The Morgan fingerprint density at radius 1 is 0.812 bits per heavy atom. The van der Waals surface area contributed by atoms with Crippen molar-refractivity contribution in [2.24, 2.45) is 0 Å². The number of benzene rings is 2. The first-order valence-electron chi connectivity index (χ1n) is 15.1. The van der Waals surface area contributed by atoms with Gasteiger partial charge in [-0.25, -0.2) is 14.6 Å². The van der Waals surface area contributed by atoms with Crippen LogP contribution in [-0.4, -0.2) is 70.7 Å². The molecule has 1 saturated carbocycles. The smallest absolute Gasteiger partial charge is 0.475 e. The van der Waals surface area contributed by atoms with E-state index in [0.717, 1.165) is 24.5 Å². The number of pyridine rings is 1. The molecule has 0 amide bonds. The maximum atomic E-state index is 10.6. The highest BCUT2D eigenvalue weighted by molar-refractivity contribution is 5.73. The normalized spacial score (nSPS) is 19.4. The minimum Gasteiger partial charge on any atom is -0.475 e. The van der Waals surface area contributed by atoms with Crippen molar-refractivity contribution in [3.8, 4) is 17.2 Å². The molecule has 3 aromatic rings. The van der Waals surface area contributed by atoms with Crippen LogP contribution >= 0.6 is 0 Å². The van der Waals surface area contributed by atoms with Crippen LogP contribution in [0, 0.1) is 11.3 Å². The van der Waals surface area contributed by atoms with Crippen LogP contribution in [-0.2, 0) is 9.59 Å². The number of halogens is 6. The second-order valence-corrected chi connectivity index (χ2v) is 11.2. The van der Waals surface area contributed by atoms with Gasteiger partial charge in [-0.15, -0.1) is 0 Å². The van der Waals surface area contributed by atoms with Gasteiger partial charge in [0.1, 0.15) is 5.82 Å². The number of carboxylic acids is 2. The molecule has 2 fully saturated rings. The van der Waals surface area contributed by atoms with E-state index in [1.807, 2.05) is 18.3 Å². The predicted octanol–water partition coefficient (Wildman–Crippen LogP) is 6.87. The molecule has 2 aromatic carbocycles. The van der Waals surface area contributed by atoms with Gasteiger partial charge in [0.15, 0.2) is 0 Å². The lowest BCUT2D eigenvalue weighted by molar-refractivity contribution is -0.193. The Morgan fingerprint density at radius 2 is 1.40 bits per heavy atom. The highest BCUT2D eigenvalue weighted by Gasteiger charge is 2.39. The summed E-state index contributed by atoms with van der Waals surface area (Å²) in [5, 5.41) is 31.1. The highest BCUT2D eigenvalue weighted by atomic mass is 19.4. The average Bonchev–Trinajstić information content (AvgIpc) is 3.06. The van der Waals surface area contributed by atoms with E-state index in [-0.39, 0.29) is 0 Å². The summed E-state index contributed by atoms with van der Waals surface area (Å²) >= 11 is 0. The molecule has 15 heteroatoms. The molecule has 48 heavy (non-hydrogen) atoms. The number of rotatable bonds is 6. The lowest BCUT2D eigenvalue weighted by Crippen LogP contribution is -2.54. The predicted molar refractivity (Wildman–Crippen MR) is 166 cm³/mol. The minimum absolute atomic E-state index is 0.387. The third kappa shape index (κ3) is 12.1. The fourth-order valence-corrected chi connectivity index (χ4v) is 5.41. The van der Waals surface area contributed by atoms with Crippen molar-refractivity contribution in [1.82, 2.24) is 10.3 Å². The summed E-state index contributed by atoms with van der Waals surface area (Å²) in [4.78, 5) is 24.9. The molecule has 2 heterocycles. The molecule has 1 aromatic heterocycles. The molecule has 4 N–H and O–H groups in total. The zero-order valence-electron chi connectivity index (χ0n) is 25.6. The van der Waals surface area contributed by atoms with Crippen LogP contribution in [0.1, 0.15) is 44.1 Å². The third-order valence-electron chi connectivity index (χ3n) is 7.68. The van der Waals surface area contributed by atoms with Crippen molar-refractivity contribution in [3.63, 3.8) is 0 Å². The number of carbonyl (C=O) groups is 2. The van der Waals surface area contributed by atoms with Crippen molar-refractivity contribution >= 4 is 23.4 Å². The first-order chi connectivity index (χ1) is 22.7. The van der Waals surface area contributed by atoms with Crippen LogP contribution in [0.5, 0.6) is 0 Å². The van der Waals surface area contributed by atoms with Gasteiger partial charge in [-0.1, -0.05) is 43.2 Å². The highest BCUT2D eigenvalue weighted by Crippen LogP contribution is 2.27. The fraction of sp³-hybridized carbons (Fsp3) is 0.394. The van der Waals surface area contributed by atoms with Crippen LogP contribution in [0.25, 0.3) is 11.1 Å². The van der Waals surface area contributed by atoms with E-state index >= 15 is 0 Å². The number of alkyl halides is 6. The zero-order valence-corrected chi connectivity index (χ0v) is 25.6. The quantitative estimate of drug-likeness (QED) is 0.206. The Hall–Kier alpha value is -4.84. The van der Waals surface area contributed by atoms with E-state index in [1.165, 1.54) is 55.3 Å². The van der Waals surface area contributed by atoms with Crippen LogP contribution < -0.4 is 15.5 Å². The molecule has 0 unspecified atom stereocenters. The van der Waals surface area contributed by atoms with Gasteiger partial charge in [0.25, 0.3) is 0 Å². The Kier molecular flexibility index (Phi) is 13.6. The third-order valence-corrected chi connectivity index (χ3v) is 7.68. The zero-order chi connectivity index (χ0) is 35.3. The molecule has 5 rings (SSSR count). The number of nitrogens with zero attached hydrogens (tertiary/aromatic N) is 3. The summed E-state index contributed by atoms with van der Waals surface area (Å²) in [7, 11) is 0. The number of carboxylic acid groups (broad SMARTS) is 2. The summed E-state index contributed by atoms with van der Waals surface area (Å²) in [6, 6.07) is 26.3.